The van der Waals surface area contributed by atoms with Gasteiger partial charge in [0.25, 0.3) is 0 Å². The first kappa shape index (κ1) is 4.77. The molecule has 0 aromatic carbocycles. The fourth-order valence-electron chi connectivity index (χ4n) is 1.67. The van der Waals surface area contributed by atoms with Crippen molar-refractivity contribution in [3.8, 4) is 0 Å². The van der Waals surface area contributed by atoms with Gasteiger partial charge >= 0.3 is 0 Å². The van der Waals surface area contributed by atoms with Gasteiger partial charge in [-0.3, -0.25) is 0 Å². The van der Waals surface area contributed by atoms with Gasteiger partial charge in [0.05, 0.1) is 0 Å². The van der Waals surface area contributed by atoms with Crippen molar-refractivity contribution < 1.29 is 0 Å². The van der Waals surface area contributed by atoms with Gasteiger partial charge in [0.2, 0.25) is 0 Å². The van der Waals surface area contributed by atoms with Crippen molar-refractivity contribution in [2.45, 2.75) is 24.9 Å². The first-order valence-corrected chi connectivity index (χ1v) is 3.38. The number of nitrogens with two attached hydrogens (primary N) is 1. The Morgan fingerprint density at radius 3 is 2.88 bits per heavy atom. The molecule has 0 spiro atoms. The Labute approximate surface area is 49.4 Å². The standard InChI is InChI=1S/C6H12N2/c7-5-4-2-1-3-8-6(4)5/h4-6,8H,1-3,7H2. The minimum Gasteiger partial charge on any atom is -0.326 e. The molecule has 0 bridgehead atoms. The third-order valence-electron chi connectivity index (χ3n) is 2.32. The van der Waals surface area contributed by atoms with Crippen molar-refractivity contribution in [3.05, 3.63) is 0 Å². The molecule has 2 fully saturated rings. The zero-order chi connectivity index (χ0) is 5.56. The van der Waals surface area contributed by atoms with Crippen LogP contribution >= 0.6 is 0 Å². The van der Waals surface area contributed by atoms with Crippen LogP contribution in [0.3, 0.4) is 0 Å². The van der Waals surface area contributed by atoms with E-state index in [1.165, 1.54) is 19.4 Å². The summed E-state index contributed by atoms with van der Waals surface area (Å²) in [5.74, 6) is 0.837. The number of hydrogen-bond acceptors (Lipinski definition) is 2. The second kappa shape index (κ2) is 1.45. The lowest BCUT2D eigenvalue weighted by Gasteiger charge is -2.07. The quantitative estimate of drug-likeness (QED) is 0.451. The van der Waals surface area contributed by atoms with E-state index in [0.717, 1.165) is 5.92 Å². The molecule has 1 saturated heterocycles. The van der Waals surface area contributed by atoms with E-state index in [1.54, 1.807) is 0 Å². The van der Waals surface area contributed by atoms with E-state index in [4.69, 9.17) is 5.73 Å². The predicted octanol–water partition coefficient (Wildman–Crippen LogP) is -0.305. The van der Waals surface area contributed by atoms with Crippen LogP contribution in [0.25, 0.3) is 0 Å². The summed E-state index contributed by atoms with van der Waals surface area (Å²) >= 11 is 0. The van der Waals surface area contributed by atoms with Gasteiger partial charge in [-0.15, -0.1) is 0 Å². The van der Waals surface area contributed by atoms with E-state index in [2.05, 4.69) is 5.32 Å². The summed E-state index contributed by atoms with van der Waals surface area (Å²) in [5.41, 5.74) is 5.71. The highest BCUT2D eigenvalue weighted by Crippen LogP contribution is 2.35. The molecule has 2 heteroatoms. The summed E-state index contributed by atoms with van der Waals surface area (Å²) in [5, 5.41) is 3.38. The van der Waals surface area contributed by atoms with Crippen molar-refractivity contribution in [2.24, 2.45) is 11.7 Å². The molecule has 0 aromatic rings. The topological polar surface area (TPSA) is 38.0 Å². The molecule has 1 heterocycles. The van der Waals surface area contributed by atoms with E-state index in [9.17, 15) is 0 Å². The van der Waals surface area contributed by atoms with E-state index in [-0.39, 0.29) is 0 Å². The Balaban J connectivity index is 1.97. The summed E-state index contributed by atoms with van der Waals surface area (Å²) in [4.78, 5) is 0. The minimum absolute atomic E-state index is 0.498. The van der Waals surface area contributed by atoms with Crippen LogP contribution in [0.2, 0.25) is 0 Å². The van der Waals surface area contributed by atoms with Crippen LogP contribution in [0.5, 0.6) is 0 Å². The predicted molar refractivity (Wildman–Crippen MR) is 32.5 cm³/mol. The monoisotopic (exact) mass is 112 g/mol. The molecule has 3 atom stereocenters. The number of fused-ring (bicyclic) bond motifs is 1. The highest BCUT2D eigenvalue weighted by molar-refractivity contribution is 5.08. The van der Waals surface area contributed by atoms with E-state index in [0.29, 0.717) is 12.1 Å². The molecule has 2 nitrogen and oxygen atoms in total. The van der Waals surface area contributed by atoms with Crippen molar-refractivity contribution >= 4 is 0 Å². The highest BCUT2D eigenvalue weighted by atomic mass is 15.1. The van der Waals surface area contributed by atoms with E-state index < -0.39 is 0 Å². The zero-order valence-corrected chi connectivity index (χ0v) is 4.93. The second-order valence-electron chi connectivity index (χ2n) is 2.86. The lowest BCUT2D eigenvalue weighted by atomic mass is 10.2. The van der Waals surface area contributed by atoms with Gasteiger partial charge < -0.3 is 11.1 Å². The highest BCUT2D eigenvalue weighted by Gasteiger charge is 2.48. The van der Waals surface area contributed by atoms with Gasteiger partial charge in [0, 0.05) is 12.1 Å². The summed E-state index contributed by atoms with van der Waals surface area (Å²) in [7, 11) is 0. The number of rotatable bonds is 0. The molecule has 2 aliphatic rings. The molecule has 0 aromatic heterocycles. The lowest BCUT2D eigenvalue weighted by Crippen LogP contribution is -2.25. The number of piperidine rings is 1. The average molecular weight is 112 g/mol. The first-order chi connectivity index (χ1) is 3.89. The molecule has 1 aliphatic carbocycles. The summed E-state index contributed by atoms with van der Waals surface area (Å²) < 4.78 is 0. The Morgan fingerprint density at radius 1 is 1.50 bits per heavy atom. The third kappa shape index (κ3) is 0.501. The molecule has 2 rings (SSSR count). The molecule has 3 unspecified atom stereocenters. The number of hydrogen-bond donors (Lipinski definition) is 2. The summed E-state index contributed by atoms with van der Waals surface area (Å²) in [6.07, 6.45) is 2.69. The molecule has 1 saturated carbocycles. The van der Waals surface area contributed by atoms with Crippen LogP contribution in [0, 0.1) is 5.92 Å². The van der Waals surface area contributed by atoms with Crippen LogP contribution in [-0.4, -0.2) is 18.6 Å². The van der Waals surface area contributed by atoms with Crippen molar-refractivity contribution in [2.75, 3.05) is 6.54 Å². The Kier molecular flexibility index (Phi) is 0.866. The Bertz CT molecular complexity index is 90.7. The molecule has 3 N–H and O–H groups in total. The number of nitrogens with one attached hydrogen (secondary N) is 1. The SMILES string of the molecule is NC1C2CCCNC12. The maximum Gasteiger partial charge on any atom is 0.0265 e. The van der Waals surface area contributed by atoms with Crippen LogP contribution < -0.4 is 11.1 Å². The van der Waals surface area contributed by atoms with Crippen LogP contribution in [0.1, 0.15) is 12.8 Å². The molecule has 1 aliphatic heterocycles. The normalized spacial score (nSPS) is 52.9. The molecule has 0 radical (unpaired) electrons. The van der Waals surface area contributed by atoms with Gasteiger partial charge in [0.1, 0.15) is 0 Å². The molecule has 46 valence electrons. The van der Waals surface area contributed by atoms with Crippen molar-refractivity contribution in [1.82, 2.24) is 5.32 Å². The third-order valence-corrected chi connectivity index (χ3v) is 2.32. The maximum absolute atomic E-state index is 5.71. The average Bonchev–Trinajstić information content (AvgIpc) is 2.46. The smallest absolute Gasteiger partial charge is 0.0265 e. The lowest BCUT2D eigenvalue weighted by molar-refractivity contribution is 0.505. The minimum atomic E-state index is 0.498. The van der Waals surface area contributed by atoms with Crippen LogP contribution in [-0.2, 0) is 0 Å². The van der Waals surface area contributed by atoms with E-state index >= 15 is 0 Å². The summed E-state index contributed by atoms with van der Waals surface area (Å²) in [6, 6.07) is 1.20. The summed E-state index contributed by atoms with van der Waals surface area (Å²) in [6.45, 7) is 1.19. The first-order valence-electron chi connectivity index (χ1n) is 3.38. The second-order valence-corrected chi connectivity index (χ2v) is 2.86. The maximum atomic E-state index is 5.71. The molecule has 0 amide bonds. The largest absolute Gasteiger partial charge is 0.326 e. The molecular weight excluding hydrogens is 100 g/mol. The van der Waals surface area contributed by atoms with Crippen LogP contribution in [0.15, 0.2) is 0 Å². The zero-order valence-electron chi connectivity index (χ0n) is 4.93. The molecular formula is C6H12N2. The van der Waals surface area contributed by atoms with Crippen LogP contribution in [0.4, 0.5) is 0 Å². The van der Waals surface area contributed by atoms with Gasteiger partial charge in [0.15, 0.2) is 0 Å². The van der Waals surface area contributed by atoms with Gasteiger partial charge in [-0.05, 0) is 25.3 Å². The Morgan fingerprint density at radius 2 is 2.38 bits per heavy atom. The molecule has 8 heavy (non-hydrogen) atoms. The van der Waals surface area contributed by atoms with Gasteiger partial charge in [-0.1, -0.05) is 0 Å². The van der Waals surface area contributed by atoms with E-state index in [1.807, 2.05) is 0 Å². The van der Waals surface area contributed by atoms with Gasteiger partial charge in [-0.2, -0.15) is 0 Å². The Hall–Kier alpha value is -0.0800. The fraction of sp³-hybridized carbons (Fsp3) is 1.00. The fourth-order valence-corrected chi connectivity index (χ4v) is 1.67. The van der Waals surface area contributed by atoms with Gasteiger partial charge in [-0.25, -0.2) is 0 Å². The van der Waals surface area contributed by atoms with Crippen molar-refractivity contribution in [3.63, 3.8) is 0 Å². The van der Waals surface area contributed by atoms with Crippen molar-refractivity contribution in [1.29, 1.82) is 0 Å².